The number of rotatable bonds is 8. The second-order valence-corrected chi connectivity index (χ2v) is 6.47. The van der Waals surface area contributed by atoms with E-state index in [0.717, 1.165) is 0 Å². The van der Waals surface area contributed by atoms with Gasteiger partial charge >= 0.3 is 0 Å². The highest BCUT2D eigenvalue weighted by Gasteiger charge is 2.33. The Morgan fingerprint density at radius 2 is 1.70 bits per heavy atom. The minimum Gasteiger partial charge on any atom is -0.507 e. The van der Waals surface area contributed by atoms with Gasteiger partial charge in [-0.3, -0.25) is 19.4 Å². The fraction of sp³-hybridized carbons (Fsp3) is 0.130. The lowest BCUT2D eigenvalue weighted by Crippen LogP contribution is -2.31. The number of nitrogens with zero attached hydrogens (tertiary/aromatic N) is 1. The molecular formula is C23H21N3O4. The highest BCUT2D eigenvalue weighted by atomic mass is 16.3. The first-order valence-electron chi connectivity index (χ1n) is 9.37. The van der Waals surface area contributed by atoms with Crippen molar-refractivity contribution in [1.29, 1.82) is 0 Å². The van der Waals surface area contributed by atoms with Crippen molar-refractivity contribution in [3.63, 3.8) is 0 Å². The van der Waals surface area contributed by atoms with Crippen molar-refractivity contribution in [2.24, 2.45) is 4.99 Å². The van der Waals surface area contributed by atoms with E-state index < -0.39 is 5.78 Å². The Hall–Kier alpha value is -4.00. The van der Waals surface area contributed by atoms with Crippen molar-refractivity contribution < 1.29 is 19.5 Å². The van der Waals surface area contributed by atoms with Crippen LogP contribution < -0.4 is 10.6 Å². The van der Waals surface area contributed by atoms with Crippen LogP contribution in [0.5, 0.6) is 5.75 Å². The highest BCUT2D eigenvalue weighted by Crippen LogP contribution is 2.36. The van der Waals surface area contributed by atoms with Gasteiger partial charge in [0.2, 0.25) is 5.91 Å². The van der Waals surface area contributed by atoms with Gasteiger partial charge in [0.25, 0.3) is 0 Å². The Balaban J connectivity index is 1.66. The van der Waals surface area contributed by atoms with Gasteiger partial charge in [-0.15, -0.1) is 0 Å². The zero-order valence-electron chi connectivity index (χ0n) is 16.2. The Morgan fingerprint density at radius 1 is 1.00 bits per heavy atom. The number of carbonyl (C=O) groups is 3. The maximum atomic E-state index is 13.0. The van der Waals surface area contributed by atoms with Crippen LogP contribution in [0.2, 0.25) is 0 Å². The topological polar surface area (TPSA) is 108 Å². The standard InChI is InChI=1S/C23H21N3O4/c1-2-3-6-11-24-14-19(28)26-13-12-25-17-9-10-18(27)21-20(17)22(29)15-7-4-5-8-16(15)23(21)30/h2-11,25,27H,1,12-14H2,(H,26,28)/b6-3-,24-11?. The summed E-state index contributed by atoms with van der Waals surface area (Å²) in [5.41, 5.74) is 1.15. The molecule has 0 aromatic heterocycles. The molecule has 3 N–H and O–H groups in total. The van der Waals surface area contributed by atoms with E-state index >= 15 is 0 Å². The van der Waals surface area contributed by atoms with Crippen LogP contribution in [-0.4, -0.2) is 48.4 Å². The van der Waals surface area contributed by atoms with E-state index in [4.69, 9.17) is 0 Å². The predicted octanol–water partition coefficient (Wildman–Crippen LogP) is 2.51. The zero-order valence-corrected chi connectivity index (χ0v) is 16.2. The molecule has 0 radical (unpaired) electrons. The summed E-state index contributed by atoms with van der Waals surface area (Å²) in [6.07, 6.45) is 6.50. The van der Waals surface area contributed by atoms with Crippen molar-refractivity contribution in [3.8, 4) is 5.75 Å². The van der Waals surface area contributed by atoms with Gasteiger partial charge in [0.05, 0.1) is 11.1 Å². The summed E-state index contributed by atoms with van der Waals surface area (Å²) >= 11 is 0. The number of phenolic OH excluding ortho intramolecular Hbond substituents is 1. The van der Waals surface area contributed by atoms with Gasteiger partial charge in [-0.05, 0) is 18.2 Å². The molecule has 7 heteroatoms. The van der Waals surface area contributed by atoms with Crippen molar-refractivity contribution in [2.45, 2.75) is 0 Å². The minimum atomic E-state index is -0.391. The molecule has 0 saturated heterocycles. The molecule has 152 valence electrons. The average molecular weight is 403 g/mol. The molecule has 0 atom stereocenters. The molecule has 30 heavy (non-hydrogen) atoms. The molecule has 2 aromatic carbocycles. The molecule has 3 rings (SSSR count). The van der Waals surface area contributed by atoms with Gasteiger partial charge in [-0.2, -0.15) is 0 Å². The van der Waals surface area contributed by atoms with Crippen LogP contribution in [-0.2, 0) is 4.79 Å². The number of phenols is 1. The van der Waals surface area contributed by atoms with E-state index in [1.54, 1.807) is 48.6 Å². The van der Waals surface area contributed by atoms with Crippen molar-refractivity contribution in [3.05, 3.63) is 83.5 Å². The maximum absolute atomic E-state index is 13.0. The van der Waals surface area contributed by atoms with Gasteiger partial charge in [0, 0.05) is 36.1 Å². The van der Waals surface area contributed by atoms with E-state index in [1.807, 2.05) is 0 Å². The Kier molecular flexibility index (Phi) is 6.54. The first-order valence-corrected chi connectivity index (χ1v) is 9.37. The van der Waals surface area contributed by atoms with Crippen LogP contribution in [0.4, 0.5) is 5.69 Å². The van der Waals surface area contributed by atoms with Crippen LogP contribution in [0.15, 0.2) is 66.2 Å². The number of anilines is 1. The van der Waals surface area contributed by atoms with Crippen LogP contribution in [0.3, 0.4) is 0 Å². The maximum Gasteiger partial charge on any atom is 0.241 e. The van der Waals surface area contributed by atoms with Gasteiger partial charge in [-0.1, -0.05) is 43.0 Å². The lowest BCUT2D eigenvalue weighted by molar-refractivity contribution is -0.119. The summed E-state index contributed by atoms with van der Waals surface area (Å²) in [5.74, 6) is -1.20. The molecule has 0 bridgehead atoms. The first-order chi connectivity index (χ1) is 14.5. The molecule has 0 aliphatic heterocycles. The molecule has 0 spiro atoms. The van der Waals surface area contributed by atoms with E-state index in [9.17, 15) is 19.5 Å². The molecule has 1 amide bonds. The molecule has 2 aromatic rings. The third kappa shape index (κ3) is 4.35. The SMILES string of the molecule is C=C/C=C\C=NCC(=O)NCCNc1ccc(O)c2c1C(=O)c1ccccc1C2=O. The lowest BCUT2D eigenvalue weighted by Gasteiger charge is -2.21. The van der Waals surface area contributed by atoms with Gasteiger partial charge in [0.1, 0.15) is 12.3 Å². The van der Waals surface area contributed by atoms with E-state index in [0.29, 0.717) is 24.3 Å². The third-order valence-electron chi connectivity index (χ3n) is 4.49. The summed E-state index contributed by atoms with van der Waals surface area (Å²) in [5, 5.41) is 16.0. The monoisotopic (exact) mass is 403 g/mol. The highest BCUT2D eigenvalue weighted by molar-refractivity contribution is 6.31. The third-order valence-corrected chi connectivity index (χ3v) is 4.49. The Labute approximate surface area is 173 Å². The predicted molar refractivity (Wildman–Crippen MR) is 116 cm³/mol. The fourth-order valence-electron chi connectivity index (χ4n) is 3.13. The second-order valence-electron chi connectivity index (χ2n) is 6.47. The van der Waals surface area contributed by atoms with Crippen LogP contribution in [0.1, 0.15) is 31.8 Å². The van der Waals surface area contributed by atoms with Crippen LogP contribution in [0, 0.1) is 0 Å². The number of aromatic hydroxyl groups is 1. The smallest absolute Gasteiger partial charge is 0.241 e. The number of benzene rings is 2. The van der Waals surface area contributed by atoms with Gasteiger partial charge in [0.15, 0.2) is 11.6 Å². The number of amides is 1. The van der Waals surface area contributed by atoms with Crippen molar-refractivity contribution in [1.82, 2.24) is 5.32 Å². The summed E-state index contributed by atoms with van der Waals surface area (Å²) < 4.78 is 0. The van der Waals surface area contributed by atoms with Gasteiger partial charge < -0.3 is 15.7 Å². The number of aliphatic imine (C=N–C) groups is 1. The molecule has 7 nitrogen and oxygen atoms in total. The quantitative estimate of drug-likeness (QED) is 0.232. The summed E-state index contributed by atoms with van der Waals surface area (Å²) in [6, 6.07) is 9.46. The molecule has 0 unspecified atom stereocenters. The molecule has 1 aliphatic carbocycles. The fourth-order valence-corrected chi connectivity index (χ4v) is 3.13. The summed E-state index contributed by atoms with van der Waals surface area (Å²) in [6.45, 7) is 4.15. The van der Waals surface area contributed by atoms with E-state index in [1.165, 1.54) is 12.3 Å². The van der Waals surface area contributed by atoms with Crippen LogP contribution in [0.25, 0.3) is 0 Å². The van der Waals surface area contributed by atoms with Crippen molar-refractivity contribution in [2.75, 3.05) is 25.0 Å². The number of hydrogen-bond donors (Lipinski definition) is 3. The Morgan fingerprint density at radius 3 is 2.40 bits per heavy atom. The van der Waals surface area contributed by atoms with Crippen molar-refractivity contribution >= 4 is 29.4 Å². The normalized spacial score (nSPS) is 12.7. The largest absolute Gasteiger partial charge is 0.507 e. The number of fused-ring (bicyclic) bond motifs is 2. The number of nitrogens with one attached hydrogen (secondary N) is 2. The van der Waals surface area contributed by atoms with E-state index in [2.05, 4.69) is 22.2 Å². The zero-order chi connectivity index (χ0) is 21.5. The molecule has 0 heterocycles. The summed E-state index contributed by atoms with van der Waals surface area (Å²) in [4.78, 5) is 41.5. The second kappa shape index (κ2) is 9.47. The summed E-state index contributed by atoms with van der Waals surface area (Å²) in [7, 11) is 0. The number of ketones is 2. The molecule has 0 fully saturated rings. The average Bonchev–Trinajstić information content (AvgIpc) is 2.75. The molecule has 1 aliphatic rings. The Bertz CT molecular complexity index is 1070. The number of allylic oxidation sites excluding steroid dienone is 3. The number of hydrogen-bond acceptors (Lipinski definition) is 6. The number of carbonyl (C=O) groups excluding carboxylic acids is 3. The van der Waals surface area contributed by atoms with E-state index in [-0.39, 0.29) is 40.7 Å². The lowest BCUT2D eigenvalue weighted by atomic mass is 9.82. The molecular weight excluding hydrogens is 382 g/mol. The minimum absolute atomic E-state index is 0.000137. The molecule has 0 saturated carbocycles. The first kappa shape index (κ1) is 20.7. The van der Waals surface area contributed by atoms with Crippen LogP contribution >= 0.6 is 0 Å². The van der Waals surface area contributed by atoms with Gasteiger partial charge in [-0.25, -0.2) is 0 Å².